The van der Waals surface area contributed by atoms with Crippen molar-refractivity contribution >= 4 is 44.8 Å². The van der Waals surface area contributed by atoms with Crippen molar-refractivity contribution < 1.29 is 22.7 Å². The van der Waals surface area contributed by atoms with Crippen molar-refractivity contribution in [3.05, 3.63) is 47.1 Å². The number of sulfone groups is 1. The summed E-state index contributed by atoms with van der Waals surface area (Å²) in [5.74, 6) is 0.364. The zero-order chi connectivity index (χ0) is 25.7. The van der Waals surface area contributed by atoms with Crippen LogP contribution in [0, 0.1) is 5.92 Å². The summed E-state index contributed by atoms with van der Waals surface area (Å²) >= 11 is 6.02. The van der Waals surface area contributed by atoms with Crippen molar-refractivity contribution in [2.45, 2.75) is 43.1 Å². The Balaban J connectivity index is 1.42. The standard InChI is InChI=1S/C25H31ClN4O5S/c1-36(33,34)21-14-22(29-25(32)18-4-2-5-19(26)13-18)24(28-16-21)30-9-7-17(8-10-30)12-23(31)27-15-20-6-3-11-35-20/h2,4-5,13-14,16-17,20H,3,6-12,15H2,1H3,(H,27,31)(H,29,32)/t20-/m1/s1. The summed E-state index contributed by atoms with van der Waals surface area (Å²) in [6.07, 6.45) is 6.58. The number of nitrogens with zero attached hydrogens (tertiary/aromatic N) is 2. The highest BCUT2D eigenvalue weighted by Crippen LogP contribution is 2.31. The average molecular weight is 535 g/mol. The van der Waals surface area contributed by atoms with Crippen molar-refractivity contribution in [3.63, 3.8) is 0 Å². The van der Waals surface area contributed by atoms with E-state index in [9.17, 15) is 18.0 Å². The van der Waals surface area contributed by atoms with Crippen LogP contribution in [-0.4, -0.2) is 63.8 Å². The molecular weight excluding hydrogens is 504 g/mol. The lowest BCUT2D eigenvalue weighted by atomic mass is 9.93. The lowest BCUT2D eigenvalue weighted by molar-refractivity contribution is -0.122. The van der Waals surface area contributed by atoms with Gasteiger partial charge >= 0.3 is 0 Å². The second kappa shape index (κ2) is 11.6. The van der Waals surface area contributed by atoms with Gasteiger partial charge in [0.2, 0.25) is 5.91 Å². The summed E-state index contributed by atoms with van der Waals surface area (Å²) in [5.41, 5.74) is 0.668. The maximum Gasteiger partial charge on any atom is 0.255 e. The minimum atomic E-state index is -3.52. The topological polar surface area (TPSA) is 118 Å². The number of piperidine rings is 1. The molecule has 2 aliphatic rings. The zero-order valence-electron chi connectivity index (χ0n) is 20.2. The molecule has 9 nitrogen and oxygen atoms in total. The summed E-state index contributed by atoms with van der Waals surface area (Å²) in [7, 11) is -3.52. The first-order valence-corrected chi connectivity index (χ1v) is 14.4. The number of carbonyl (C=O) groups excluding carboxylic acids is 2. The Kier molecular flexibility index (Phi) is 8.48. The van der Waals surface area contributed by atoms with E-state index in [-0.39, 0.29) is 22.8 Å². The Labute approximate surface area is 216 Å². The highest BCUT2D eigenvalue weighted by Gasteiger charge is 2.26. The molecule has 36 heavy (non-hydrogen) atoms. The second-order valence-electron chi connectivity index (χ2n) is 9.35. The molecule has 0 bridgehead atoms. The van der Waals surface area contributed by atoms with Gasteiger partial charge in [-0.3, -0.25) is 9.59 Å². The van der Waals surface area contributed by atoms with Crippen LogP contribution in [0.1, 0.15) is 42.5 Å². The molecule has 0 aliphatic carbocycles. The number of pyridine rings is 1. The van der Waals surface area contributed by atoms with Gasteiger partial charge in [-0.05, 0) is 55.9 Å². The lowest BCUT2D eigenvalue weighted by Crippen LogP contribution is -2.38. The van der Waals surface area contributed by atoms with E-state index in [4.69, 9.17) is 16.3 Å². The fourth-order valence-corrected chi connectivity index (χ4v) is 5.29. The maximum atomic E-state index is 12.9. The number of benzene rings is 1. The van der Waals surface area contributed by atoms with E-state index in [2.05, 4.69) is 15.6 Å². The van der Waals surface area contributed by atoms with Gasteiger partial charge in [0, 0.05) is 55.7 Å². The van der Waals surface area contributed by atoms with Crippen molar-refractivity contribution in [2.75, 3.05) is 42.7 Å². The van der Waals surface area contributed by atoms with Gasteiger partial charge in [-0.1, -0.05) is 17.7 Å². The summed E-state index contributed by atoms with van der Waals surface area (Å²) in [5, 5.41) is 6.21. The van der Waals surface area contributed by atoms with Gasteiger partial charge in [-0.2, -0.15) is 0 Å². The van der Waals surface area contributed by atoms with Crippen LogP contribution >= 0.6 is 11.6 Å². The van der Waals surface area contributed by atoms with Crippen LogP contribution in [0.4, 0.5) is 11.5 Å². The number of amides is 2. The predicted octanol–water partition coefficient (Wildman–Crippen LogP) is 3.29. The first-order chi connectivity index (χ1) is 17.2. The Morgan fingerprint density at radius 3 is 2.64 bits per heavy atom. The lowest BCUT2D eigenvalue weighted by Gasteiger charge is -2.33. The van der Waals surface area contributed by atoms with Gasteiger partial charge in [0.15, 0.2) is 15.7 Å². The minimum absolute atomic E-state index is 0.0189. The fourth-order valence-electron chi connectivity index (χ4n) is 4.53. The van der Waals surface area contributed by atoms with Crippen LogP contribution in [-0.2, 0) is 19.4 Å². The van der Waals surface area contributed by atoms with Crippen molar-refractivity contribution in [2.24, 2.45) is 5.92 Å². The van der Waals surface area contributed by atoms with E-state index >= 15 is 0 Å². The fraction of sp³-hybridized carbons (Fsp3) is 0.480. The smallest absolute Gasteiger partial charge is 0.255 e. The van der Waals surface area contributed by atoms with E-state index < -0.39 is 15.7 Å². The third kappa shape index (κ3) is 6.96. The van der Waals surface area contributed by atoms with Crippen LogP contribution in [0.5, 0.6) is 0 Å². The number of nitrogens with one attached hydrogen (secondary N) is 2. The quantitative estimate of drug-likeness (QED) is 0.533. The molecule has 2 aliphatic heterocycles. The average Bonchev–Trinajstić information content (AvgIpc) is 3.37. The summed E-state index contributed by atoms with van der Waals surface area (Å²) in [6, 6.07) is 7.95. The number of ether oxygens (including phenoxy) is 1. The van der Waals surface area contributed by atoms with E-state index in [1.54, 1.807) is 24.3 Å². The zero-order valence-corrected chi connectivity index (χ0v) is 21.8. The summed E-state index contributed by atoms with van der Waals surface area (Å²) in [6.45, 7) is 2.59. The molecule has 0 saturated carbocycles. The van der Waals surface area contributed by atoms with Gasteiger partial charge in [-0.25, -0.2) is 13.4 Å². The van der Waals surface area contributed by atoms with E-state index in [0.717, 1.165) is 38.5 Å². The molecule has 4 rings (SSSR count). The van der Waals surface area contributed by atoms with Crippen molar-refractivity contribution in [1.29, 1.82) is 0 Å². The first-order valence-electron chi connectivity index (χ1n) is 12.1. The molecule has 11 heteroatoms. The molecular formula is C25H31ClN4O5S. The number of aromatic nitrogens is 1. The molecule has 0 spiro atoms. The normalized spacial score (nSPS) is 18.7. The monoisotopic (exact) mass is 534 g/mol. The van der Waals surface area contributed by atoms with Gasteiger partial charge in [0.1, 0.15) is 0 Å². The molecule has 0 radical (unpaired) electrons. The molecule has 1 aromatic carbocycles. The highest BCUT2D eigenvalue weighted by atomic mass is 35.5. The molecule has 1 atom stereocenters. The van der Waals surface area contributed by atoms with E-state index in [1.807, 2.05) is 4.90 Å². The third-order valence-electron chi connectivity index (χ3n) is 6.54. The van der Waals surface area contributed by atoms with E-state index in [0.29, 0.717) is 48.1 Å². The van der Waals surface area contributed by atoms with Crippen LogP contribution in [0.2, 0.25) is 5.02 Å². The second-order valence-corrected chi connectivity index (χ2v) is 11.8. The molecule has 2 amide bonds. The number of carbonyl (C=O) groups is 2. The Morgan fingerprint density at radius 1 is 1.19 bits per heavy atom. The van der Waals surface area contributed by atoms with Crippen LogP contribution in [0.3, 0.4) is 0 Å². The third-order valence-corrected chi connectivity index (χ3v) is 7.86. The van der Waals surface area contributed by atoms with Gasteiger partial charge < -0.3 is 20.3 Å². The largest absolute Gasteiger partial charge is 0.376 e. The molecule has 2 N–H and O–H groups in total. The first kappa shape index (κ1) is 26.4. The summed E-state index contributed by atoms with van der Waals surface area (Å²) < 4.78 is 29.8. The van der Waals surface area contributed by atoms with Crippen LogP contribution in [0.15, 0.2) is 41.4 Å². The number of halogens is 1. The molecule has 2 saturated heterocycles. The van der Waals surface area contributed by atoms with Crippen molar-refractivity contribution in [3.8, 4) is 0 Å². The Morgan fingerprint density at radius 2 is 1.97 bits per heavy atom. The van der Waals surface area contributed by atoms with Crippen molar-refractivity contribution in [1.82, 2.24) is 10.3 Å². The molecule has 2 aromatic rings. The van der Waals surface area contributed by atoms with Gasteiger partial charge in [0.25, 0.3) is 5.91 Å². The predicted molar refractivity (Wildman–Crippen MR) is 138 cm³/mol. The Bertz CT molecular complexity index is 1210. The van der Waals surface area contributed by atoms with Crippen LogP contribution < -0.4 is 15.5 Å². The molecule has 3 heterocycles. The number of rotatable bonds is 8. The number of hydrogen-bond acceptors (Lipinski definition) is 7. The molecule has 0 unspecified atom stereocenters. The SMILES string of the molecule is CS(=O)(=O)c1cnc(N2CCC(CC(=O)NC[C@H]3CCCO3)CC2)c(NC(=O)c2cccc(Cl)c2)c1. The highest BCUT2D eigenvalue weighted by molar-refractivity contribution is 7.90. The van der Waals surface area contributed by atoms with Gasteiger partial charge in [0.05, 0.1) is 16.7 Å². The van der Waals surface area contributed by atoms with E-state index in [1.165, 1.54) is 12.3 Å². The van der Waals surface area contributed by atoms with Gasteiger partial charge in [-0.15, -0.1) is 0 Å². The van der Waals surface area contributed by atoms with Crippen LogP contribution in [0.25, 0.3) is 0 Å². The Hall–Kier alpha value is -2.69. The molecule has 1 aromatic heterocycles. The molecule has 2 fully saturated rings. The molecule has 194 valence electrons. The summed E-state index contributed by atoms with van der Waals surface area (Å²) in [4.78, 5) is 31.7. The number of anilines is 2. The maximum absolute atomic E-state index is 12.9. The minimum Gasteiger partial charge on any atom is -0.376 e. The number of hydrogen-bond donors (Lipinski definition) is 2.